The van der Waals surface area contributed by atoms with Crippen LogP contribution in [-0.2, 0) is 24.3 Å². The van der Waals surface area contributed by atoms with Gasteiger partial charge in [-0.05, 0) is 38.5 Å². The fraction of sp³-hybridized carbons (Fsp3) is 0.867. The van der Waals surface area contributed by atoms with Crippen molar-refractivity contribution >= 4 is 21.9 Å². The molecule has 1 saturated carbocycles. The number of sulfonamides is 1. The van der Waals surface area contributed by atoms with Gasteiger partial charge < -0.3 is 14.7 Å². The van der Waals surface area contributed by atoms with E-state index in [-0.39, 0.29) is 43.4 Å². The number of nitrogens with zero attached hydrogens (tertiary/aromatic N) is 1. The number of rotatable bonds is 9. The van der Waals surface area contributed by atoms with E-state index in [4.69, 9.17) is 4.74 Å². The largest absolute Gasteiger partial charge is 0.481 e. The second-order valence-corrected chi connectivity index (χ2v) is 8.73. The first kappa shape index (κ1) is 19.1. The smallest absolute Gasteiger partial charge is 0.308 e. The normalized spacial score (nSPS) is 24.5. The van der Waals surface area contributed by atoms with Crippen molar-refractivity contribution in [2.75, 3.05) is 32.0 Å². The molecule has 1 amide bonds. The zero-order valence-corrected chi connectivity index (χ0v) is 14.9. The van der Waals surface area contributed by atoms with Gasteiger partial charge in [0.05, 0.1) is 30.9 Å². The second-order valence-electron chi connectivity index (χ2n) is 6.80. The highest BCUT2D eigenvalue weighted by molar-refractivity contribution is 7.89. The maximum absolute atomic E-state index is 12.2. The number of amides is 1. The quantitative estimate of drug-likeness (QED) is 0.592. The molecular weight excluding hydrogens is 336 g/mol. The zero-order valence-electron chi connectivity index (χ0n) is 14.1. The predicted molar refractivity (Wildman–Crippen MR) is 86.8 cm³/mol. The average molecular weight is 362 g/mol. The average Bonchev–Trinajstić information content (AvgIpc) is 3.22. The van der Waals surface area contributed by atoms with Crippen molar-refractivity contribution in [3.63, 3.8) is 0 Å². The molecule has 0 spiro atoms. The molecule has 0 bridgehead atoms. The lowest BCUT2D eigenvalue weighted by atomic mass is 9.92. The zero-order chi connectivity index (χ0) is 17.9. The molecule has 1 aliphatic carbocycles. The molecule has 0 aromatic carbocycles. The summed E-state index contributed by atoms with van der Waals surface area (Å²) in [6.45, 7) is 3.91. The third-order valence-corrected chi connectivity index (χ3v) is 5.80. The monoisotopic (exact) mass is 362 g/mol. The van der Waals surface area contributed by atoms with E-state index < -0.39 is 21.9 Å². The third-order valence-electron chi connectivity index (χ3n) is 4.51. The Morgan fingerprint density at radius 1 is 1.29 bits per heavy atom. The van der Waals surface area contributed by atoms with Gasteiger partial charge in [0.1, 0.15) is 0 Å². The van der Waals surface area contributed by atoms with E-state index in [1.807, 2.05) is 13.8 Å². The molecule has 1 saturated heterocycles. The summed E-state index contributed by atoms with van der Waals surface area (Å²) in [7, 11) is -3.59. The number of nitrogens with one attached hydrogen (secondary N) is 1. The number of hydrogen-bond acceptors (Lipinski definition) is 5. The van der Waals surface area contributed by atoms with Crippen LogP contribution >= 0.6 is 0 Å². The van der Waals surface area contributed by atoms with Gasteiger partial charge in [0.15, 0.2) is 0 Å². The molecule has 0 unspecified atom stereocenters. The molecule has 0 aromatic heterocycles. The maximum atomic E-state index is 12.2. The summed E-state index contributed by atoms with van der Waals surface area (Å²) in [5.41, 5.74) is 0. The topological polar surface area (TPSA) is 113 Å². The molecule has 0 aromatic rings. The fourth-order valence-electron chi connectivity index (χ4n) is 3.05. The van der Waals surface area contributed by atoms with E-state index in [0.717, 1.165) is 12.8 Å². The number of hydrogen-bond donors (Lipinski definition) is 2. The lowest BCUT2D eigenvalue weighted by Crippen LogP contribution is -2.40. The van der Waals surface area contributed by atoms with Gasteiger partial charge in [-0.2, -0.15) is 0 Å². The standard InChI is InChI=1S/C15H26N2O6S/c1-10(2)23-5-6-24(21,22)16-7-14(18)17-8-12(11-3-4-11)13(9-17)15(19)20/h10-13,16H,3-9H2,1-2H3,(H,19,20)/t12-,13+/m1/s1. The van der Waals surface area contributed by atoms with Crippen molar-refractivity contribution in [2.45, 2.75) is 32.8 Å². The van der Waals surface area contributed by atoms with Crippen LogP contribution < -0.4 is 4.72 Å². The van der Waals surface area contributed by atoms with E-state index in [0.29, 0.717) is 12.5 Å². The van der Waals surface area contributed by atoms with Gasteiger partial charge in [-0.15, -0.1) is 0 Å². The van der Waals surface area contributed by atoms with Crippen LogP contribution in [0.3, 0.4) is 0 Å². The molecule has 9 heteroatoms. The summed E-state index contributed by atoms with van der Waals surface area (Å²) in [5.74, 6) is -1.64. The molecule has 1 heterocycles. The number of carbonyl (C=O) groups is 2. The first-order valence-corrected chi connectivity index (χ1v) is 9.94. The van der Waals surface area contributed by atoms with Crippen molar-refractivity contribution in [3.8, 4) is 0 Å². The molecule has 8 nitrogen and oxygen atoms in total. The first-order chi connectivity index (χ1) is 11.2. The number of carbonyl (C=O) groups excluding carboxylic acids is 1. The second kappa shape index (κ2) is 7.79. The minimum atomic E-state index is -3.59. The molecule has 2 rings (SSSR count). The van der Waals surface area contributed by atoms with Gasteiger partial charge in [0.2, 0.25) is 15.9 Å². The SMILES string of the molecule is CC(C)OCCS(=O)(=O)NCC(=O)N1C[C@H](C(=O)O)[C@@H](C2CC2)C1. The number of aliphatic carboxylic acids is 1. The molecule has 2 aliphatic rings. The molecule has 2 N–H and O–H groups in total. The Hall–Kier alpha value is -1.19. The summed E-state index contributed by atoms with van der Waals surface area (Å²) >= 11 is 0. The number of carboxylic acids is 1. The maximum Gasteiger partial charge on any atom is 0.308 e. The van der Waals surface area contributed by atoms with Gasteiger partial charge >= 0.3 is 5.97 Å². The Bertz CT molecular complexity index is 573. The van der Waals surface area contributed by atoms with Crippen molar-refractivity contribution in [2.24, 2.45) is 17.8 Å². The molecular formula is C15H26N2O6S. The predicted octanol–water partition coefficient (Wildman–Crippen LogP) is -0.1000. The highest BCUT2D eigenvalue weighted by atomic mass is 32.2. The van der Waals surface area contributed by atoms with E-state index in [1.165, 1.54) is 4.90 Å². The Labute approximate surface area is 142 Å². The van der Waals surface area contributed by atoms with Crippen LogP contribution in [0.25, 0.3) is 0 Å². The lowest BCUT2D eigenvalue weighted by molar-refractivity contribution is -0.142. The van der Waals surface area contributed by atoms with Crippen molar-refractivity contribution in [3.05, 3.63) is 0 Å². The molecule has 2 fully saturated rings. The summed E-state index contributed by atoms with van der Waals surface area (Å²) in [6.07, 6.45) is 1.97. The Morgan fingerprint density at radius 2 is 1.96 bits per heavy atom. The summed E-state index contributed by atoms with van der Waals surface area (Å²) in [6, 6.07) is 0. The van der Waals surface area contributed by atoms with E-state index in [2.05, 4.69) is 4.72 Å². The summed E-state index contributed by atoms with van der Waals surface area (Å²) in [5, 5.41) is 9.30. The third kappa shape index (κ3) is 5.42. The highest BCUT2D eigenvalue weighted by Crippen LogP contribution is 2.44. The van der Waals surface area contributed by atoms with Crippen LogP contribution in [0.1, 0.15) is 26.7 Å². The van der Waals surface area contributed by atoms with Crippen LogP contribution in [0.5, 0.6) is 0 Å². The minimum absolute atomic E-state index is 0.0116. The number of ether oxygens (including phenoxy) is 1. The first-order valence-electron chi connectivity index (χ1n) is 8.29. The molecule has 2 atom stereocenters. The van der Waals surface area contributed by atoms with Gasteiger partial charge in [0.25, 0.3) is 0 Å². The number of carboxylic acid groups (broad SMARTS) is 1. The van der Waals surface area contributed by atoms with E-state index in [9.17, 15) is 23.1 Å². The van der Waals surface area contributed by atoms with Gasteiger partial charge in [-0.3, -0.25) is 9.59 Å². The van der Waals surface area contributed by atoms with E-state index >= 15 is 0 Å². The van der Waals surface area contributed by atoms with Crippen LogP contribution in [0, 0.1) is 17.8 Å². The van der Waals surface area contributed by atoms with Crippen LogP contribution in [0.15, 0.2) is 0 Å². The summed E-state index contributed by atoms with van der Waals surface area (Å²) in [4.78, 5) is 25.0. The van der Waals surface area contributed by atoms with Crippen molar-refractivity contribution in [1.29, 1.82) is 0 Å². The Kier molecular flexibility index (Phi) is 6.22. The van der Waals surface area contributed by atoms with Gasteiger partial charge in [0, 0.05) is 13.1 Å². The van der Waals surface area contributed by atoms with Crippen LogP contribution in [-0.4, -0.2) is 68.4 Å². The number of likely N-dealkylation sites (tertiary alicyclic amines) is 1. The highest BCUT2D eigenvalue weighted by Gasteiger charge is 2.46. The molecule has 24 heavy (non-hydrogen) atoms. The lowest BCUT2D eigenvalue weighted by Gasteiger charge is -2.17. The van der Waals surface area contributed by atoms with Crippen LogP contribution in [0.4, 0.5) is 0 Å². The van der Waals surface area contributed by atoms with Gasteiger partial charge in [-0.1, -0.05) is 0 Å². The Morgan fingerprint density at radius 3 is 2.50 bits per heavy atom. The van der Waals surface area contributed by atoms with E-state index in [1.54, 1.807) is 0 Å². The van der Waals surface area contributed by atoms with Crippen molar-refractivity contribution < 1.29 is 27.9 Å². The van der Waals surface area contributed by atoms with Crippen LogP contribution in [0.2, 0.25) is 0 Å². The molecule has 0 radical (unpaired) electrons. The van der Waals surface area contributed by atoms with Crippen molar-refractivity contribution in [1.82, 2.24) is 9.62 Å². The Balaban J connectivity index is 1.81. The van der Waals surface area contributed by atoms with Gasteiger partial charge in [-0.25, -0.2) is 13.1 Å². The fourth-order valence-corrected chi connectivity index (χ4v) is 3.85. The molecule has 138 valence electrons. The molecule has 1 aliphatic heterocycles. The summed E-state index contributed by atoms with van der Waals surface area (Å²) < 4.78 is 31.1. The minimum Gasteiger partial charge on any atom is -0.481 e.